The molecule has 0 aromatic heterocycles. The zero-order valence-electron chi connectivity index (χ0n) is 9.13. The zero-order valence-corrected chi connectivity index (χ0v) is 9.13. The van der Waals surface area contributed by atoms with Gasteiger partial charge in [0.1, 0.15) is 5.82 Å². The van der Waals surface area contributed by atoms with Crippen molar-refractivity contribution >= 4 is 11.6 Å². The molecule has 1 amide bonds. The molecule has 0 aliphatic carbocycles. The van der Waals surface area contributed by atoms with Crippen molar-refractivity contribution in [1.82, 2.24) is 5.32 Å². The van der Waals surface area contributed by atoms with E-state index in [1.807, 2.05) is 0 Å². The van der Waals surface area contributed by atoms with Gasteiger partial charge in [-0.1, -0.05) is 6.07 Å². The lowest BCUT2D eigenvalue weighted by Gasteiger charge is -2.07. The molecule has 0 unspecified atom stereocenters. The molecule has 0 heterocycles. The van der Waals surface area contributed by atoms with Crippen molar-refractivity contribution in [3.63, 3.8) is 0 Å². The average Bonchev–Trinajstić information content (AvgIpc) is 2.28. The second-order valence-electron chi connectivity index (χ2n) is 3.30. The first kappa shape index (κ1) is 12.4. The Labute approximate surface area is 93.6 Å². The molecule has 88 valence electrons. The van der Waals surface area contributed by atoms with Crippen LogP contribution in [-0.4, -0.2) is 26.2 Å². The largest absolute Gasteiger partial charge is 0.396 e. The van der Waals surface area contributed by atoms with Gasteiger partial charge < -0.3 is 15.8 Å². The molecular weight excluding hydrogens is 211 g/mol. The molecule has 0 spiro atoms. The molecule has 0 saturated carbocycles. The van der Waals surface area contributed by atoms with Gasteiger partial charge >= 0.3 is 0 Å². The minimum absolute atomic E-state index is 0.119. The molecule has 5 heteroatoms. The SMILES string of the molecule is COCCCNC(=O)c1cccc(F)c1N. The van der Waals surface area contributed by atoms with Crippen LogP contribution in [0.2, 0.25) is 0 Å². The minimum Gasteiger partial charge on any atom is -0.396 e. The summed E-state index contributed by atoms with van der Waals surface area (Å²) in [7, 11) is 1.59. The second kappa shape index (κ2) is 6.07. The number of carbonyl (C=O) groups excluding carboxylic acids is 1. The number of nitrogens with one attached hydrogen (secondary N) is 1. The Morgan fingerprint density at radius 3 is 3.00 bits per heavy atom. The van der Waals surface area contributed by atoms with Gasteiger partial charge in [-0.2, -0.15) is 0 Å². The summed E-state index contributed by atoms with van der Waals surface area (Å²) in [5.41, 5.74) is 5.50. The fourth-order valence-electron chi connectivity index (χ4n) is 1.25. The molecule has 1 aromatic carbocycles. The molecule has 0 atom stereocenters. The van der Waals surface area contributed by atoms with E-state index in [2.05, 4.69) is 5.32 Å². The van der Waals surface area contributed by atoms with Gasteiger partial charge in [0.25, 0.3) is 5.91 Å². The van der Waals surface area contributed by atoms with Crippen molar-refractivity contribution in [3.8, 4) is 0 Å². The van der Waals surface area contributed by atoms with E-state index in [0.717, 1.165) is 0 Å². The molecule has 16 heavy (non-hydrogen) atoms. The number of methoxy groups -OCH3 is 1. The number of para-hydroxylation sites is 1. The maximum Gasteiger partial charge on any atom is 0.253 e. The molecule has 0 fully saturated rings. The Morgan fingerprint density at radius 1 is 1.56 bits per heavy atom. The van der Waals surface area contributed by atoms with Gasteiger partial charge in [-0.15, -0.1) is 0 Å². The van der Waals surface area contributed by atoms with Crippen molar-refractivity contribution in [2.75, 3.05) is 26.0 Å². The lowest BCUT2D eigenvalue weighted by Crippen LogP contribution is -2.26. The summed E-state index contributed by atoms with van der Waals surface area (Å²) >= 11 is 0. The van der Waals surface area contributed by atoms with Crippen molar-refractivity contribution in [1.29, 1.82) is 0 Å². The number of nitrogens with two attached hydrogens (primary N) is 1. The van der Waals surface area contributed by atoms with Crippen molar-refractivity contribution in [2.45, 2.75) is 6.42 Å². The number of hydrogen-bond donors (Lipinski definition) is 2. The Bertz CT molecular complexity index is 369. The lowest BCUT2D eigenvalue weighted by molar-refractivity contribution is 0.0949. The fourth-order valence-corrected chi connectivity index (χ4v) is 1.25. The van der Waals surface area contributed by atoms with Crippen LogP contribution in [0.4, 0.5) is 10.1 Å². The van der Waals surface area contributed by atoms with E-state index in [4.69, 9.17) is 10.5 Å². The standard InChI is InChI=1S/C11H15FN2O2/c1-16-7-3-6-14-11(15)8-4-2-5-9(12)10(8)13/h2,4-5H,3,6-7,13H2,1H3,(H,14,15). The molecule has 0 radical (unpaired) electrons. The normalized spacial score (nSPS) is 10.1. The summed E-state index contributed by atoms with van der Waals surface area (Å²) in [6, 6.07) is 4.16. The Hall–Kier alpha value is -1.62. The quantitative estimate of drug-likeness (QED) is 0.585. The number of halogens is 1. The van der Waals surface area contributed by atoms with Crippen LogP contribution in [0.3, 0.4) is 0 Å². The third-order valence-electron chi connectivity index (χ3n) is 2.11. The lowest BCUT2D eigenvalue weighted by atomic mass is 10.1. The Balaban J connectivity index is 2.56. The van der Waals surface area contributed by atoms with Gasteiger partial charge in [0, 0.05) is 20.3 Å². The van der Waals surface area contributed by atoms with Crippen LogP contribution in [0, 0.1) is 5.82 Å². The number of rotatable bonds is 5. The fraction of sp³-hybridized carbons (Fsp3) is 0.364. The molecule has 0 aliphatic rings. The molecule has 0 aliphatic heterocycles. The maximum atomic E-state index is 13.1. The predicted molar refractivity (Wildman–Crippen MR) is 59.6 cm³/mol. The zero-order chi connectivity index (χ0) is 12.0. The number of hydrogen-bond acceptors (Lipinski definition) is 3. The Kier molecular flexibility index (Phi) is 4.72. The summed E-state index contributed by atoms with van der Waals surface area (Å²) in [6.45, 7) is 1.04. The summed E-state index contributed by atoms with van der Waals surface area (Å²) in [4.78, 5) is 11.6. The van der Waals surface area contributed by atoms with Crippen LogP contribution < -0.4 is 11.1 Å². The summed E-state index contributed by atoms with van der Waals surface area (Å²) in [5.74, 6) is -0.947. The summed E-state index contributed by atoms with van der Waals surface area (Å²) < 4.78 is 17.9. The van der Waals surface area contributed by atoms with Gasteiger partial charge in [-0.3, -0.25) is 4.79 Å². The van der Waals surface area contributed by atoms with E-state index in [1.54, 1.807) is 7.11 Å². The maximum absolute atomic E-state index is 13.1. The highest BCUT2D eigenvalue weighted by Gasteiger charge is 2.11. The monoisotopic (exact) mass is 226 g/mol. The Morgan fingerprint density at radius 2 is 2.31 bits per heavy atom. The second-order valence-corrected chi connectivity index (χ2v) is 3.30. The summed E-state index contributed by atoms with van der Waals surface area (Å²) in [5, 5.41) is 2.64. The van der Waals surface area contributed by atoms with E-state index >= 15 is 0 Å². The van der Waals surface area contributed by atoms with Crippen molar-refractivity contribution < 1.29 is 13.9 Å². The number of amides is 1. The molecule has 0 bridgehead atoms. The highest BCUT2D eigenvalue weighted by molar-refractivity contribution is 5.99. The smallest absolute Gasteiger partial charge is 0.253 e. The van der Waals surface area contributed by atoms with Crippen LogP contribution in [0.25, 0.3) is 0 Å². The molecule has 1 rings (SSSR count). The number of carbonyl (C=O) groups is 1. The van der Waals surface area contributed by atoms with E-state index < -0.39 is 5.82 Å². The van der Waals surface area contributed by atoms with Crippen molar-refractivity contribution in [3.05, 3.63) is 29.6 Å². The third-order valence-corrected chi connectivity index (χ3v) is 2.11. The van der Waals surface area contributed by atoms with E-state index in [0.29, 0.717) is 19.6 Å². The minimum atomic E-state index is -0.579. The van der Waals surface area contributed by atoms with Crippen LogP contribution in [0.1, 0.15) is 16.8 Å². The van der Waals surface area contributed by atoms with Gasteiger partial charge in [-0.25, -0.2) is 4.39 Å². The highest BCUT2D eigenvalue weighted by Crippen LogP contribution is 2.15. The van der Waals surface area contributed by atoms with Gasteiger partial charge in [0.2, 0.25) is 0 Å². The molecular formula is C11H15FN2O2. The number of nitrogen functional groups attached to an aromatic ring is 1. The first-order chi connectivity index (χ1) is 7.66. The number of benzene rings is 1. The first-order valence-electron chi connectivity index (χ1n) is 4.98. The van der Waals surface area contributed by atoms with Gasteiger partial charge in [0.15, 0.2) is 0 Å². The van der Waals surface area contributed by atoms with Gasteiger partial charge in [-0.05, 0) is 18.6 Å². The number of anilines is 1. The molecule has 0 saturated heterocycles. The van der Waals surface area contributed by atoms with Crippen LogP contribution >= 0.6 is 0 Å². The van der Waals surface area contributed by atoms with Gasteiger partial charge in [0.05, 0.1) is 11.3 Å². The predicted octanol–water partition coefficient (Wildman–Crippen LogP) is 1.17. The van der Waals surface area contributed by atoms with Crippen LogP contribution in [-0.2, 0) is 4.74 Å². The first-order valence-corrected chi connectivity index (χ1v) is 4.98. The highest BCUT2D eigenvalue weighted by atomic mass is 19.1. The van der Waals surface area contributed by atoms with Crippen LogP contribution in [0.15, 0.2) is 18.2 Å². The average molecular weight is 226 g/mol. The van der Waals surface area contributed by atoms with Crippen molar-refractivity contribution in [2.24, 2.45) is 0 Å². The summed E-state index contributed by atoms with van der Waals surface area (Å²) in [6.07, 6.45) is 0.706. The van der Waals surface area contributed by atoms with Crippen LogP contribution in [0.5, 0.6) is 0 Å². The molecule has 3 N–H and O–H groups in total. The van der Waals surface area contributed by atoms with E-state index in [-0.39, 0.29) is 17.2 Å². The van der Waals surface area contributed by atoms with E-state index in [1.165, 1.54) is 18.2 Å². The molecule has 1 aromatic rings. The third kappa shape index (κ3) is 3.20. The van der Waals surface area contributed by atoms with E-state index in [9.17, 15) is 9.18 Å². The molecule has 4 nitrogen and oxygen atoms in total. The number of ether oxygens (including phenoxy) is 1. The topological polar surface area (TPSA) is 64.3 Å².